The summed E-state index contributed by atoms with van der Waals surface area (Å²) in [5.41, 5.74) is 0.350. The fourth-order valence-electron chi connectivity index (χ4n) is 7.60. The first kappa shape index (κ1) is 70.1. The predicted molar refractivity (Wildman–Crippen MR) is 312 cm³/mol. The van der Waals surface area contributed by atoms with Crippen LogP contribution in [0.2, 0.25) is 161 Å². The van der Waals surface area contributed by atoms with Gasteiger partial charge in [-0.15, -0.1) is 0 Å². The summed E-state index contributed by atoms with van der Waals surface area (Å²) >= 11 is 0. The van der Waals surface area contributed by atoms with Gasteiger partial charge in [0, 0.05) is 61.3 Å². The highest BCUT2D eigenvalue weighted by Gasteiger charge is 2.56. The summed E-state index contributed by atoms with van der Waals surface area (Å²) in [6, 6.07) is 3.59. The van der Waals surface area contributed by atoms with Crippen molar-refractivity contribution >= 4 is 99.4 Å². The average Bonchev–Trinajstić information content (AvgIpc) is 3.06. The van der Waals surface area contributed by atoms with Crippen LogP contribution in [0, 0.1) is 0 Å². The van der Waals surface area contributed by atoms with E-state index in [0.29, 0.717) is 54.7 Å². The fraction of sp³-hybridized carbons (Fsp3) is 0.932. The summed E-state index contributed by atoms with van der Waals surface area (Å²) in [7, 11) is -27.8. The van der Waals surface area contributed by atoms with Crippen LogP contribution in [0.25, 0.3) is 0 Å². The third kappa shape index (κ3) is 32.3. The smallest absolute Gasteiger partial charge is 0.462 e. The van der Waals surface area contributed by atoms with Crippen molar-refractivity contribution in [1.29, 1.82) is 0 Å². The SMILES string of the molecule is C=C(C)C(=O)OCCC[Si](OC(C)CC[Si](OC(C)C)(O[Si](C)(C)C)O[Si](C)(C)C)(O[Si](C)(C)CC[Si](OC)(OC(C)C)OC(C)C)O[Si](C)(C)CC[Si](O[Si](C)(C)C)(O[Si](C)(C)C)O[Si](C)(C)C. The number of hydrogen-bond acceptors (Lipinski definition) is 14. The van der Waals surface area contributed by atoms with Crippen molar-refractivity contribution in [3.8, 4) is 0 Å². The zero-order chi connectivity index (χ0) is 54.5. The molecule has 0 aromatic carbocycles. The Labute approximate surface area is 436 Å². The first-order valence-electron chi connectivity index (χ1n) is 25.6. The van der Waals surface area contributed by atoms with E-state index >= 15 is 0 Å². The van der Waals surface area contributed by atoms with Gasteiger partial charge in [-0.25, -0.2) is 4.79 Å². The molecule has 0 aliphatic carbocycles. The van der Waals surface area contributed by atoms with Gasteiger partial charge in [0.25, 0.3) is 0 Å². The molecule has 0 aromatic heterocycles. The highest BCUT2D eigenvalue weighted by atomic mass is 28.5. The molecule has 69 heavy (non-hydrogen) atoms. The van der Waals surface area contributed by atoms with Crippen molar-refractivity contribution in [2.75, 3.05) is 13.7 Å². The van der Waals surface area contributed by atoms with Crippen LogP contribution in [-0.2, 0) is 60.5 Å². The quantitative estimate of drug-likeness (QED) is 0.0252. The van der Waals surface area contributed by atoms with Crippen LogP contribution < -0.4 is 0 Å². The van der Waals surface area contributed by atoms with Gasteiger partial charge in [0.2, 0.25) is 0 Å². The predicted octanol–water partition coefficient (Wildman–Crippen LogP) is 13.7. The Morgan fingerprint density at radius 2 is 0.739 bits per heavy atom. The highest BCUT2D eigenvalue weighted by molar-refractivity contribution is 6.92. The van der Waals surface area contributed by atoms with Crippen molar-refractivity contribution in [3.05, 3.63) is 12.2 Å². The maximum atomic E-state index is 12.7. The number of rotatable bonds is 37. The Bertz CT molecular complexity index is 1470. The van der Waals surface area contributed by atoms with Crippen LogP contribution >= 0.6 is 0 Å². The number of carbonyl (C=O) groups is 1. The van der Waals surface area contributed by atoms with Crippen molar-refractivity contribution in [1.82, 2.24) is 0 Å². The monoisotopic (exact) mass is 1170 g/mol. The minimum atomic E-state index is -3.73. The number of ether oxygens (including phenoxy) is 1. The van der Waals surface area contributed by atoms with Gasteiger partial charge in [-0.1, -0.05) is 6.58 Å². The highest BCUT2D eigenvalue weighted by Crippen LogP contribution is 2.38. The van der Waals surface area contributed by atoms with E-state index in [2.05, 4.69) is 152 Å². The normalized spacial score (nSPS) is 15.9. The standard InChI is InChI=1S/C44H108O14Si11/c1-39(2)44(45)47-32-30-33-67(57-64(26,27)35-37-66(46-10,48-40(3)4)49-41(5)6,51-43(9)31-34-68(50-42(7)8,52-59(11,12)13)53-60(14,15)16)58-65(28,29)36-38-69(54-61(17,18)19,55-62(20,21)22)56-63(23,24)25/h40-43H,1,30-38H2,2-29H3. The van der Waals surface area contributed by atoms with Crippen LogP contribution in [0.5, 0.6) is 0 Å². The lowest BCUT2D eigenvalue weighted by Gasteiger charge is -2.46. The van der Waals surface area contributed by atoms with Crippen LogP contribution in [0.3, 0.4) is 0 Å². The Morgan fingerprint density at radius 1 is 0.420 bits per heavy atom. The molecule has 0 spiro atoms. The third-order valence-electron chi connectivity index (χ3n) is 9.24. The van der Waals surface area contributed by atoms with Gasteiger partial charge < -0.3 is 55.7 Å². The van der Waals surface area contributed by atoms with Crippen molar-refractivity contribution in [2.24, 2.45) is 0 Å². The fourth-order valence-corrected chi connectivity index (χ4v) is 52.6. The number of hydrogen-bond donors (Lipinski definition) is 0. The van der Waals surface area contributed by atoms with Crippen LogP contribution in [-0.4, -0.2) is 138 Å². The van der Waals surface area contributed by atoms with E-state index in [4.69, 9.17) is 55.7 Å². The van der Waals surface area contributed by atoms with Gasteiger partial charge in [-0.3, -0.25) is 0 Å². The third-order valence-corrected chi connectivity index (χ3v) is 46.0. The molecule has 0 saturated carbocycles. The molecule has 2 atom stereocenters. The van der Waals surface area contributed by atoms with Gasteiger partial charge >= 0.3 is 41.2 Å². The molecule has 0 aromatic rings. The molecule has 0 N–H and O–H groups in total. The van der Waals surface area contributed by atoms with E-state index in [9.17, 15) is 4.79 Å². The van der Waals surface area contributed by atoms with E-state index in [1.54, 1.807) is 14.0 Å². The molecule has 412 valence electrons. The molecular weight excluding hydrogens is 1060 g/mol. The van der Waals surface area contributed by atoms with E-state index in [1.165, 1.54) is 0 Å². The topological polar surface area (TPSA) is 137 Å². The van der Waals surface area contributed by atoms with Gasteiger partial charge in [-0.2, -0.15) is 0 Å². The molecule has 0 aliphatic heterocycles. The zero-order valence-corrected chi connectivity index (χ0v) is 60.6. The van der Waals surface area contributed by atoms with E-state index in [1.807, 2.05) is 27.7 Å². The van der Waals surface area contributed by atoms with Crippen LogP contribution in [0.1, 0.15) is 68.2 Å². The summed E-state index contributed by atoms with van der Waals surface area (Å²) in [6.45, 7) is 62.0. The van der Waals surface area contributed by atoms with Crippen molar-refractivity contribution in [2.45, 2.75) is 253 Å². The lowest BCUT2D eigenvalue weighted by Crippen LogP contribution is -2.62. The Kier molecular flexibility index (Phi) is 28.4. The second-order valence-electron chi connectivity index (χ2n) is 25.7. The molecule has 0 aliphatic rings. The second kappa shape index (κ2) is 27.9. The first-order chi connectivity index (χ1) is 30.6. The largest absolute Gasteiger partial charge is 0.500 e. The summed E-state index contributed by atoms with van der Waals surface area (Å²) < 4.78 is 90.4. The second-order valence-corrected chi connectivity index (χ2v) is 69.4. The molecule has 25 heteroatoms. The number of carbonyl (C=O) groups excluding carboxylic acids is 1. The van der Waals surface area contributed by atoms with Gasteiger partial charge in [0.1, 0.15) is 0 Å². The Hall–Kier alpha value is 1.12. The maximum Gasteiger partial charge on any atom is 0.500 e. The first-order valence-corrected chi connectivity index (χ1v) is 56.6. The molecule has 0 fully saturated rings. The lowest BCUT2D eigenvalue weighted by molar-refractivity contribution is -0.139. The zero-order valence-electron chi connectivity index (χ0n) is 49.6. The summed E-state index contributed by atoms with van der Waals surface area (Å²) in [5.74, 6) is -0.427. The Morgan fingerprint density at radius 3 is 1.06 bits per heavy atom. The van der Waals surface area contributed by atoms with Crippen molar-refractivity contribution in [3.63, 3.8) is 0 Å². The molecule has 0 bridgehead atoms. The van der Waals surface area contributed by atoms with E-state index in [0.717, 1.165) is 0 Å². The van der Waals surface area contributed by atoms with Gasteiger partial charge in [0.15, 0.2) is 58.2 Å². The molecule has 0 saturated heterocycles. The molecule has 0 radical (unpaired) electrons. The molecule has 0 amide bonds. The minimum absolute atomic E-state index is 0.0844. The Balaban J connectivity index is 7.95. The number of esters is 1. The maximum absolute atomic E-state index is 12.7. The summed E-state index contributed by atoms with van der Waals surface area (Å²) in [5, 5.41) is 0. The van der Waals surface area contributed by atoms with E-state index in [-0.39, 0.29) is 31.0 Å². The lowest BCUT2D eigenvalue weighted by atomic mass is 10.3. The molecular formula is C44H108O14Si11. The summed E-state index contributed by atoms with van der Waals surface area (Å²) in [6.07, 6.45) is 0.476. The average molecular weight is 1170 g/mol. The van der Waals surface area contributed by atoms with Gasteiger partial charge in [-0.05, 0) is 205 Å². The van der Waals surface area contributed by atoms with Crippen molar-refractivity contribution < 1.29 is 60.5 Å². The van der Waals surface area contributed by atoms with Crippen LogP contribution in [0.15, 0.2) is 12.2 Å². The molecule has 2 unspecified atom stereocenters. The molecule has 14 nitrogen and oxygen atoms in total. The van der Waals surface area contributed by atoms with Gasteiger partial charge in [0.05, 0.1) is 6.61 Å². The molecule has 0 heterocycles. The minimum Gasteiger partial charge on any atom is -0.462 e. The van der Waals surface area contributed by atoms with Crippen LogP contribution in [0.4, 0.5) is 0 Å². The summed E-state index contributed by atoms with van der Waals surface area (Å²) in [4.78, 5) is 12.7. The molecule has 0 rings (SSSR count). The van der Waals surface area contributed by atoms with E-state index < -0.39 is 99.4 Å².